The lowest BCUT2D eigenvalue weighted by Crippen LogP contribution is -2.34. The Labute approximate surface area is 79.7 Å². The summed E-state index contributed by atoms with van der Waals surface area (Å²) in [6, 6.07) is 0. The van der Waals surface area contributed by atoms with E-state index in [-0.39, 0.29) is 17.7 Å². The fraction of sp³-hybridized carbons (Fsp3) is 0.500. The maximum Gasteiger partial charge on any atom is 0.222 e. The van der Waals surface area contributed by atoms with Gasteiger partial charge in [-0.2, -0.15) is 0 Å². The molecular formula is C10H18N2O. The quantitative estimate of drug-likeness (QED) is 0.603. The summed E-state index contributed by atoms with van der Waals surface area (Å²) in [6.45, 7) is 8.07. The highest BCUT2D eigenvalue weighted by atomic mass is 16.1. The Balaban J connectivity index is 3.90. The minimum absolute atomic E-state index is 0.116. The first-order valence-electron chi connectivity index (χ1n) is 4.39. The third-order valence-corrected chi connectivity index (χ3v) is 1.86. The number of carbonyl (C=O) groups excluding carboxylic acids is 1. The molecule has 1 unspecified atom stereocenters. The van der Waals surface area contributed by atoms with Crippen molar-refractivity contribution in [2.45, 2.75) is 13.8 Å². The molecule has 1 atom stereocenters. The lowest BCUT2D eigenvalue weighted by Gasteiger charge is -2.16. The van der Waals surface area contributed by atoms with Crippen molar-refractivity contribution in [3.8, 4) is 0 Å². The van der Waals surface area contributed by atoms with Crippen LogP contribution in [0.4, 0.5) is 0 Å². The van der Waals surface area contributed by atoms with Gasteiger partial charge in [0.05, 0.1) is 5.92 Å². The Morgan fingerprint density at radius 1 is 1.62 bits per heavy atom. The summed E-state index contributed by atoms with van der Waals surface area (Å²) in [4.78, 5) is 10.9. The second-order valence-electron chi connectivity index (χ2n) is 3.26. The van der Waals surface area contributed by atoms with Crippen molar-refractivity contribution in [3.05, 3.63) is 24.9 Å². The van der Waals surface area contributed by atoms with Gasteiger partial charge in [-0.05, 0) is 18.2 Å². The van der Waals surface area contributed by atoms with Gasteiger partial charge >= 0.3 is 0 Å². The minimum Gasteiger partial charge on any atom is -0.390 e. The molecular weight excluding hydrogens is 164 g/mol. The molecule has 0 aromatic carbocycles. The molecule has 74 valence electrons. The van der Waals surface area contributed by atoms with E-state index < -0.39 is 0 Å². The average molecular weight is 182 g/mol. The number of hydrogen-bond donors (Lipinski definition) is 2. The Bertz CT molecular complexity index is 197. The largest absolute Gasteiger partial charge is 0.390 e. The van der Waals surface area contributed by atoms with E-state index in [2.05, 4.69) is 11.9 Å². The van der Waals surface area contributed by atoms with Gasteiger partial charge in [0.2, 0.25) is 5.91 Å². The molecule has 0 aliphatic carbocycles. The molecule has 0 rings (SSSR count). The maximum atomic E-state index is 10.9. The van der Waals surface area contributed by atoms with Crippen LogP contribution in [0.25, 0.3) is 0 Å². The fourth-order valence-electron chi connectivity index (χ4n) is 0.996. The predicted octanol–water partition coefficient (Wildman–Crippen LogP) is 1.03. The lowest BCUT2D eigenvalue weighted by molar-refractivity contribution is -0.122. The Morgan fingerprint density at radius 2 is 2.23 bits per heavy atom. The maximum absolute atomic E-state index is 10.9. The molecule has 0 aromatic heterocycles. The standard InChI is InChI=1S/C10H18N2O/c1-4-5-6-12-7-9(8(2)3)10(11)13/h4-6,8-9,12H,1,7H2,2-3H3,(H2,11,13)/b6-5-. The Kier molecular flexibility index (Phi) is 5.68. The van der Waals surface area contributed by atoms with Gasteiger partial charge in [-0.25, -0.2) is 0 Å². The third kappa shape index (κ3) is 5.06. The van der Waals surface area contributed by atoms with Gasteiger partial charge < -0.3 is 11.1 Å². The number of amides is 1. The topological polar surface area (TPSA) is 55.1 Å². The second kappa shape index (κ2) is 6.29. The molecule has 3 heteroatoms. The highest BCUT2D eigenvalue weighted by Gasteiger charge is 2.17. The molecule has 0 radical (unpaired) electrons. The van der Waals surface area contributed by atoms with E-state index in [4.69, 9.17) is 5.73 Å². The number of primary amides is 1. The summed E-state index contributed by atoms with van der Waals surface area (Å²) < 4.78 is 0. The van der Waals surface area contributed by atoms with E-state index in [1.807, 2.05) is 13.8 Å². The van der Waals surface area contributed by atoms with Gasteiger partial charge in [0.1, 0.15) is 0 Å². The van der Waals surface area contributed by atoms with E-state index in [9.17, 15) is 4.79 Å². The van der Waals surface area contributed by atoms with E-state index in [0.717, 1.165) is 0 Å². The summed E-state index contributed by atoms with van der Waals surface area (Å²) in [7, 11) is 0. The molecule has 0 aliphatic heterocycles. The van der Waals surface area contributed by atoms with Gasteiger partial charge in [-0.15, -0.1) is 0 Å². The molecule has 0 saturated carbocycles. The van der Waals surface area contributed by atoms with Crippen LogP contribution in [-0.2, 0) is 4.79 Å². The summed E-state index contributed by atoms with van der Waals surface area (Å²) in [6.07, 6.45) is 5.20. The fourth-order valence-corrected chi connectivity index (χ4v) is 0.996. The lowest BCUT2D eigenvalue weighted by atomic mass is 9.95. The van der Waals surface area contributed by atoms with Crippen LogP contribution in [0.3, 0.4) is 0 Å². The molecule has 0 bridgehead atoms. The smallest absolute Gasteiger partial charge is 0.222 e. The van der Waals surface area contributed by atoms with Gasteiger partial charge in [0, 0.05) is 6.54 Å². The van der Waals surface area contributed by atoms with Crippen LogP contribution < -0.4 is 11.1 Å². The zero-order valence-corrected chi connectivity index (χ0v) is 8.29. The Morgan fingerprint density at radius 3 is 2.62 bits per heavy atom. The van der Waals surface area contributed by atoms with Crippen molar-refractivity contribution in [1.82, 2.24) is 5.32 Å². The average Bonchev–Trinajstić information content (AvgIpc) is 2.02. The van der Waals surface area contributed by atoms with E-state index >= 15 is 0 Å². The van der Waals surface area contributed by atoms with Crippen molar-refractivity contribution in [3.63, 3.8) is 0 Å². The molecule has 0 fully saturated rings. The highest BCUT2D eigenvalue weighted by Crippen LogP contribution is 2.08. The minimum atomic E-state index is -0.255. The molecule has 0 spiro atoms. The van der Waals surface area contributed by atoms with Crippen molar-refractivity contribution in [2.24, 2.45) is 17.6 Å². The number of hydrogen-bond acceptors (Lipinski definition) is 2. The predicted molar refractivity (Wildman–Crippen MR) is 54.9 cm³/mol. The molecule has 0 saturated heterocycles. The first-order chi connectivity index (χ1) is 6.09. The monoisotopic (exact) mass is 182 g/mol. The normalized spacial score (nSPS) is 13.2. The number of nitrogens with one attached hydrogen (secondary N) is 1. The summed E-state index contributed by atoms with van der Waals surface area (Å²) in [5.74, 6) is -0.105. The van der Waals surface area contributed by atoms with Crippen LogP contribution in [0.2, 0.25) is 0 Å². The number of rotatable bonds is 6. The second-order valence-corrected chi connectivity index (χ2v) is 3.26. The number of allylic oxidation sites excluding steroid dienone is 2. The van der Waals surface area contributed by atoms with Gasteiger partial charge in [0.15, 0.2) is 0 Å². The van der Waals surface area contributed by atoms with Gasteiger partial charge in [0.25, 0.3) is 0 Å². The van der Waals surface area contributed by atoms with Gasteiger partial charge in [-0.3, -0.25) is 4.79 Å². The number of nitrogens with two attached hydrogens (primary N) is 1. The van der Waals surface area contributed by atoms with Crippen molar-refractivity contribution in [1.29, 1.82) is 0 Å². The molecule has 3 N–H and O–H groups in total. The summed E-state index contributed by atoms with van der Waals surface area (Å²) in [5.41, 5.74) is 5.23. The number of carbonyl (C=O) groups is 1. The third-order valence-electron chi connectivity index (χ3n) is 1.86. The molecule has 0 heterocycles. The first kappa shape index (κ1) is 11.8. The summed E-state index contributed by atoms with van der Waals surface area (Å²) >= 11 is 0. The van der Waals surface area contributed by atoms with Crippen molar-refractivity contribution < 1.29 is 4.79 Å². The van der Waals surface area contributed by atoms with Crippen molar-refractivity contribution in [2.75, 3.05) is 6.54 Å². The molecule has 1 amide bonds. The molecule has 0 aromatic rings. The van der Waals surface area contributed by atoms with E-state index in [1.165, 1.54) is 0 Å². The van der Waals surface area contributed by atoms with Crippen LogP contribution in [0.1, 0.15) is 13.8 Å². The van der Waals surface area contributed by atoms with Crippen molar-refractivity contribution >= 4 is 5.91 Å². The zero-order chi connectivity index (χ0) is 10.3. The Hall–Kier alpha value is -1.25. The van der Waals surface area contributed by atoms with E-state index in [1.54, 1.807) is 18.4 Å². The zero-order valence-electron chi connectivity index (χ0n) is 8.29. The molecule has 0 aliphatic rings. The van der Waals surface area contributed by atoms with Crippen LogP contribution in [0.15, 0.2) is 24.9 Å². The van der Waals surface area contributed by atoms with Crippen LogP contribution >= 0.6 is 0 Å². The first-order valence-corrected chi connectivity index (χ1v) is 4.39. The van der Waals surface area contributed by atoms with Crippen LogP contribution in [0.5, 0.6) is 0 Å². The van der Waals surface area contributed by atoms with E-state index in [0.29, 0.717) is 6.54 Å². The highest BCUT2D eigenvalue weighted by molar-refractivity contribution is 5.77. The van der Waals surface area contributed by atoms with Crippen LogP contribution in [0, 0.1) is 11.8 Å². The SMILES string of the molecule is C=C/C=C\NCC(C(N)=O)C(C)C. The summed E-state index contributed by atoms with van der Waals surface area (Å²) in [5, 5.41) is 3.00. The van der Waals surface area contributed by atoms with Gasteiger partial charge in [-0.1, -0.05) is 26.5 Å². The van der Waals surface area contributed by atoms with Crippen LogP contribution in [-0.4, -0.2) is 12.5 Å². The molecule has 13 heavy (non-hydrogen) atoms. The molecule has 3 nitrogen and oxygen atoms in total.